The number of Topliss-reactive ketones (excluding diaryl/α,β-unsaturated/α-hetero) is 1. The van der Waals surface area contributed by atoms with Crippen molar-refractivity contribution in [2.75, 3.05) is 0 Å². The van der Waals surface area contributed by atoms with Gasteiger partial charge in [0, 0.05) is 11.8 Å². The van der Waals surface area contributed by atoms with Gasteiger partial charge in [-0.15, -0.1) is 0 Å². The van der Waals surface area contributed by atoms with Gasteiger partial charge < -0.3 is 5.11 Å². The lowest BCUT2D eigenvalue weighted by molar-refractivity contribution is -0.128. The SMILES string of the molecule is CCC(O)CC(=O)C(C)(C)C. The maximum Gasteiger partial charge on any atom is 0.140 e. The molecule has 2 heteroatoms. The summed E-state index contributed by atoms with van der Waals surface area (Å²) in [6.45, 7) is 7.49. The van der Waals surface area contributed by atoms with Crippen LogP contribution in [0.25, 0.3) is 0 Å². The highest BCUT2D eigenvalue weighted by molar-refractivity contribution is 5.83. The van der Waals surface area contributed by atoms with E-state index in [0.29, 0.717) is 12.8 Å². The summed E-state index contributed by atoms with van der Waals surface area (Å²) in [5, 5.41) is 9.17. The van der Waals surface area contributed by atoms with Gasteiger partial charge in [0.15, 0.2) is 0 Å². The van der Waals surface area contributed by atoms with E-state index in [1.54, 1.807) is 0 Å². The van der Waals surface area contributed by atoms with Gasteiger partial charge >= 0.3 is 0 Å². The molecule has 0 aliphatic rings. The van der Waals surface area contributed by atoms with E-state index in [-0.39, 0.29) is 11.2 Å². The Labute approximate surface area is 68.6 Å². The van der Waals surface area contributed by atoms with Crippen LogP contribution in [0.15, 0.2) is 0 Å². The molecule has 0 spiro atoms. The summed E-state index contributed by atoms with van der Waals surface area (Å²) in [6.07, 6.45) is 0.490. The van der Waals surface area contributed by atoms with Crippen molar-refractivity contribution in [1.29, 1.82) is 0 Å². The first-order valence-electron chi connectivity index (χ1n) is 4.09. The first-order valence-corrected chi connectivity index (χ1v) is 4.09. The molecule has 0 fully saturated rings. The van der Waals surface area contributed by atoms with Crippen molar-refractivity contribution in [1.82, 2.24) is 0 Å². The molecule has 0 aliphatic carbocycles. The Balaban J connectivity index is 3.88. The summed E-state index contributed by atoms with van der Waals surface area (Å²) in [4.78, 5) is 11.3. The minimum absolute atomic E-state index is 0.131. The second kappa shape index (κ2) is 3.86. The van der Waals surface area contributed by atoms with Crippen LogP contribution in [0.1, 0.15) is 40.5 Å². The van der Waals surface area contributed by atoms with Gasteiger partial charge in [0.25, 0.3) is 0 Å². The largest absolute Gasteiger partial charge is 0.393 e. The van der Waals surface area contributed by atoms with E-state index in [1.165, 1.54) is 0 Å². The monoisotopic (exact) mass is 158 g/mol. The topological polar surface area (TPSA) is 37.3 Å². The Hall–Kier alpha value is -0.370. The second-order valence-electron chi connectivity index (χ2n) is 3.94. The molecule has 0 radical (unpaired) electrons. The lowest BCUT2D eigenvalue weighted by Gasteiger charge is -2.18. The molecule has 0 amide bonds. The van der Waals surface area contributed by atoms with Gasteiger partial charge in [-0.05, 0) is 6.42 Å². The average Bonchev–Trinajstić information content (AvgIpc) is 1.85. The molecule has 0 rings (SSSR count). The number of aliphatic hydroxyl groups is 1. The number of hydrogen-bond donors (Lipinski definition) is 1. The van der Waals surface area contributed by atoms with E-state index in [2.05, 4.69) is 0 Å². The van der Waals surface area contributed by atoms with Crippen LogP contribution >= 0.6 is 0 Å². The van der Waals surface area contributed by atoms with Crippen molar-refractivity contribution in [2.24, 2.45) is 5.41 Å². The van der Waals surface area contributed by atoms with Crippen molar-refractivity contribution >= 4 is 5.78 Å². The number of ketones is 1. The van der Waals surface area contributed by atoms with Crippen LogP contribution in [-0.2, 0) is 4.79 Å². The van der Waals surface area contributed by atoms with Crippen molar-refractivity contribution in [3.05, 3.63) is 0 Å². The van der Waals surface area contributed by atoms with Crippen LogP contribution in [0.4, 0.5) is 0 Å². The normalized spacial score (nSPS) is 14.6. The minimum atomic E-state index is -0.457. The molecule has 0 saturated heterocycles. The van der Waals surface area contributed by atoms with Gasteiger partial charge in [-0.2, -0.15) is 0 Å². The summed E-state index contributed by atoms with van der Waals surface area (Å²) in [5.41, 5.74) is -0.309. The zero-order chi connectivity index (χ0) is 9.07. The van der Waals surface area contributed by atoms with Crippen LogP contribution in [0.2, 0.25) is 0 Å². The molecule has 0 bridgehead atoms. The summed E-state index contributed by atoms with van der Waals surface area (Å²) in [6, 6.07) is 0. The predicted molar refractivity (Wildman–Crippen MR) is 45.4 cm³/mol. The quantitative estimate of drug-likeness (QED) is 0.679. The average molecular weight is 158 g/mol. The van der Waals surface area contributed by atoms with E-state index < -0.39 is 6.10 Å². The van der Waals surface area contributed by atoms with Gasteiger partial charge in [0.1, 0.15) is 5.78 Å². The number of carbonyl (C=O) groups excluding carboxylic acids is 1. The highest BCUT2D eigenvalue weighted by Crippen LogP contribution is 2.18. The molecule has 1 N–H and O–H groups in total. The lowest BCUT2D eigenvalue weighted by atomic mass is 9.87. The maximum absolute atomic E-state index is 11.3. The van der Waals surface area contributed by atoms with Gasteiger partial charge in [0.2, 0.25) is 0 Å². The Morgan fingerprint density at radius 2 is 1.91 bits per heavy atom. The molecular weight excluding hydrogens is 140 g/mol. The lowest BCUT2D eigenvalue weighted by Crippen LogP contribution is -2.24. The fourth-order valence-corrected chi connectivity index (χ4v) is 0.665. The zero-order valence-electron chi connectivity index (χ0n) is 7.85. The summed E-state index contributed by atoms with van der Waals surface area (Å²) in [7, 11) is 0. The predicted octanol–water partition coefficient (Wildman–Crippen LogP) is 1.76. The number of hydrogen-bond acceptors (Lipinski definition) is 2. The Bertz CT molecular complexity index is 133. The third kappa shape index (κ3) is 4.14. The van der Waals surface area contributed by atoms with E-state index in [0.717, 1.165) is 0 Å². The van der Waals surface area contributed by atoms with E-state index >= 15 is 0 Å². The van der Waals surface area contributed by atoms with Crippen molar-refractivity contribution in [3.8, 4) is 0 Å². The summed E-state index contributed by atoms with van der Waals surface area (Å²) >= 11 is 0. The molecule has 0 aromatic heterocycles. The molecule has 1 unspecified atom stereocenters. The number of carbonyl (C=O) groups is 1. The van der Waals surface area contributed by atoms with E-state index in [1.807, 2.05) is 27.7 Å². The summed E-state index contributed by atoms with van der Waals surface area (Å²) in [5.74, 6) is 0.131. The molecule has 0 heterocycles. The highest BCUT2D eigenvalue weighted by Gasteiger charge is 2.22. The fraction of sp³-hybridized carbons (Fsp3) is 0.889. The van der Waals surface area contributed by atoms with Crippen LogP contribution in [0, 0.1) is 5.41 Å². The fourth-order valence-electron chi connectivity index (χ4n) is 0.665. The molecule has 2 nitrogen and oxygen atoms in total. The Morgan fingerprint density at radius 3 is 2.18 bits per heavy atom. The third-order valence-electron chi connectivity index (χ3n) is 1.73. The van der Waals surface area contributed by atoms with Crippen LogP contribution in [-0.4, -0.2) is 17.0 Å². The molecule has 0 aliphatic heterocycles. The molecule has 0 aromatic carbocycles. The van der Waals surface area contributed by atoms with Crippen LogP contribution < -0.4 is 0 Å². The van der Waals surface area contributed by atoms with E-state index in [9.17, 15) is 9.90 Å². The molecule has 11 heavy (non-hydrogen) atoms. The van der Waals surface area contributed by atoms with Crippen molar-refractivity contribution < 1.29 is 9.90 Å². The first-order chi connectivity index (χ1) is 4.88. The standard InChI is InChI=1S/C9H18O2/c1-5-7(10)6-8(11)9(2,3)4/h7,10H,5-6H2,1-4H3. The maximum atomic E-state index is 11.3. The molecule has 0 saturated carbocycles. The van der Waals surface area contributed by atoms with Gasteiger partial charge in [-0.3, -0.25) is 4.79 Å². The van der Waals surface area contributed by atoms with Gasteiger partial charge in [-0.1, -0.05) is 27.7 Å². The van der Waals surface area contributed by atoms with E-state index in [4.69, 9.17) is 0 Å². The third-order valence-corrected chi connectivity index (χ3v) is 1.73. The minimum Gasteiger partial charge on any atom is -0.393 e. The van der Waals surface area contributed by atoms with Crippen molar-refractivity contribution in [2.45, 2.75) is 46.6 Å². The highest BCUT2D eigenvalue weighted by atomic mass is 16.3. The number of aliphatic hydroxyl groups excluding tert-OH is 1. The summed E-state index contributed by atoms with van der Waals surface area (Å²) < 4.78 is 0. The molecule has 1 atom stereocenters. The van der Waals surface area contributed by atoms with Gasteiger partial charge in [-0.25, -0.2) is 0 Å². The van der Waals surface area contributed by atoms with Crippen LogP contribution in [0.5, 0.6) is 0 Å². The Morgan fingerprint density at radius 1 is 1.45 bits per heavy atom. The zero-order valence-corrected chi connectivity index (χ0v) is 7.85. The van der Waals surface area contributed by atoms with Crippen LogP contribution in [0.3, 0.4) is 0 Å². The Kier molecular flexibility index (Phi) is 3.73. The molecular formula is C9H18O2. The first kappa shape index (κ1) is 10.6. The second-order valence-corrected chi connectivity index (χ2v) is 3.94. The molecule has 0 aromatic rings. The number of rotatable bonds is 3. The van der Waals surface area contributed by atoms with Crippen molar-refractivity contribution in [3.63, 3.8) is 0 Å². The smallest absolute Gasteiger partial charge is 0.140 e. The van der Waals surface area contributed by atoms with Gasteiger partial charge in [0.05, 0.1) is 6.10 Å². The molecule has 66 valence electrons.